The Morgan fingerprint density at radius 1 is 1.19 bits per heavy atom. The molecular formula is C23H22F2N4O2. The van der Waals surface area contributed by atoms with E-state index in [0.29, 0.717) is 12.4 Å². The third-order valence-electron chi connectivity index (χ3n) is 5.31. The number of para-hydroxylation sites is 1. The third kappa shape index (κ3) is 3.93. The number of hydrogen-bond donors (Lipinski definition) is 1. The van der Waals surface area contributed by atoms with Crippen LogP contribution in [-0.2, 0) is 17.1 Å². The van der Waals surface area contributed by atoms with E-state index in [1.165, 1.54) is 18.2 Å². The van der Waals surface area contributed by atoms with Gasteiger partial charge < -0.3 is 5.32 Å². The maximum absolute atomic E-state index is 13.6. The van der Waals surface area contributed by atoms with Gasteiger partial charge in [0.1, 0.15) is 11.9 Å². The van der Waals surface area contributed by atoms with Crippen LogP contribution in [0, 0.1) is 0 Å². The van der Waals surface area contributed by atoms with Crippen molar-refractivity contribution < 1.29 is 18.4 Å². The number of fused-ring (bicyclic) bond motifs is 1. The first-order chi connectivity index (χ1) is 14.8. The molecule has 0 saturated carbocycles. The van der Waals surface area contributed by atoms with Crippen LogP contribution in [0.2, 0.25) is 0 Å². The molecule has 31 heavy (non-hydrogen) atoms. The van der Waals surface area contributed by atoms with Gasteiger partial charge in [-0.05, 0) is 31.2 Å². The Kier molecular flexibility index (Phi) is 5.31. The Labute approximate surface area is 178 Å². The van der Waals surface area contributed by atoms with Crippen LogP contribution < -0.4 is 10.2 Å². The van der Waals surface area contributed by atoms with Gasteiger partial charge in [0.25, 0.3) is 17.7 Å². The third-order valence-corrected chi connectivity index (χ3v) is 5.31. The smallest absolute Gasteiger partial charge is 0.270 e. The zero-order chi connectivity index (χ0) is 22.2. The van der Waals surface area contributed by atoms with E-state index in [4.69, 9.17) is 0 Å². The lowest BCUT2D eigenvalue weighted by Gasteiger charge is -2.32. The van der Waals surface area contributed by atoms with Crippen molar-refractivity contribution in [2.75, 3.05) is 11.4 Å². The summed E-state index contributed by atoms with van der Waals surface area (Å²) in [5.74, 6) is -3.22. The highest BCUT2D eigenvalue weighted by Gasteiger charge is 2.36. The van der Waals surface area contributed by atoms with E-state index in [1.54, 1.807) is 15.8 Å². The molecule has 1 N–H and O–H groups in total. The SMILES string of the molecule is CCN1C(=O)C(NC(=O)c2cccc(C(C)(F)F)c2)Cc2cnn(-c3ccccc3)c21. The first kappa shape index (κ1) is 20.7. The number of alkyl halides is 2. The molecule has 0 saturated heterocycles. The predicted octanol–water partition coefficient (Wildman–Crippen LogP) is 3.69. The van der Waals surface area contributed by atoms with Gasteiger partial charge in [0.05, 0.1) is 11.9 Å². The summed E-state index contributed by atoms with van der Waals surface area (Å²) in [5, 5.41) is 7.14. The molecular weight excluding hydrogens is 402 g/mol. The minimum Gasteiger partial charge on any atom is -0.340 e. The molecule has 2 heterocycles. The Hall–Kier alpha value is -3.55. The molecule has 1 aliphatic rings. The van der Waals surface area contributed by atoms with Gasteiger partial charge in [-0.15, -0.1) is 0 Å². The number of halogens is 2. The maximum atomic E-state index is 13.6. The second-order valence-corrected chi connectivity index (χ2v) is 7.52. The molecule has 3 aromatic rings. The molecule has 2 aromatic carbocycles. The molecule has 1 unspecified atom stereocenters. The van der Waals surface area contributed by atoms with Crippen LogP contribution >= 0.6 is 0 Å². The van der Waals surface area contributed by atoms with Crippen molar-refractivity contribution in [3.63, 3.8) is 0 Å². The summed E-state index contributed by atoms with van der Waals surface area (Å²) in [6.45, 7) is 3.02. The highest BCUT2D eigenvalue weighted by Crippen LogP contribution is 2.31. The van der Waals surface area contributed by atoms with Crippen LogP contribution in [0.4, 0.5) is 14.6 Å². The lowest BCUT2D eigenvalue weighted by molar-refractivity contribution is -0.120. The molecule has 6 nitrogen and oxygen atoms in total. The number of carbonyl (C=O) groups is 2. The molecule has 1 aromatic heterocycles. The van der Waals surface area contributed by atoms with Gasteiger partial charge in [0, 0.05) is 36.6 Å². The van der Waals surface area contributed by atoms with Crippen molar-refractivity contribution in [2.24, 2.45) is 0 Å². The number of nitrogens with zero attached hydrogens (tertiary/aromatic N) is 3. The van der Waals surface area contributed by atoms with Crippen LogP contribution in [0.25, 0.3) is 5.69 Å². The van der Waals surface area contributed by atoms with Crippen molar-refractivity contribution in [3.05, 3.63) is 77.5 Å². The van der Waals surface area contributed by atoms with Crippen molar-refractivity contribution >= 4 is 17.6 Å². The van der Waals surface area contributed by atoms with Crippen molar-refractivity contribution in [1.82, 2.24) is 15.1 Å². The van der Waals surface area contributed by atoms with Gasteiger partial charge >= 0.3 is 0 Å². The summed E-state index contributed by atoms with van der Waals surface area (Å²) < 4.78 is 29.0. The molecule has 0 radical (unpaired) electrons. The zero-order valence-electron chi connectivity index (χ0n) is 17.2. The van der Waals surface area contributed by atoms with Crippen molar-refractivity contribution in [2.45, 2.75) is 32.2 Å². The van der Waals surface area contributed by atoms with E-state index in [0.717, 1.165) is 24.2 Å². The molecule has 2 amide bonds. The summed E-state index contributed by atoms with van der Waals surface area (Å²) in [5.41, 5.74) is 1.48. The van der Waals surface area contributed by atoms with E-state index in [2.05, 4.69) is 10.4 Å². The minimum atomic E-state index is -3.06. The summed E-state index contributed by atoms with van der Waals surface area (Å²) in [4.78, 5) is 27.5. The number of anilines is 1. The molecule has 0 spiro atoms. The van der Waals surface area contributed by atoms with Gasteiger partial charge in [-0.1, -0.05) is 30.3 Å². The van der Waals surface area contributed by atoms with Gasteiger partial charge in [0.2, 0.25) is 0 Å². The quantitative estimate of drug-likeness (QED) is 0.679. The molecule has 0 bridgehead atoms. The van der Waals surface area contributed by atoms with Gasteiger partial charge in [0.15, 0.2) is 0 Å². The monoisotopic (exact) mass is 424 g/mol. The molecule has 0 aliphatic carbocycles. The Morgan fingerprint density at radius 3 is 2.61 bits per heavy atom. The van der Waals surface area contributed by atoms with Gasteiger partial charge in [-0.25, -0.2) is 13.5 Å². The van der Waals surface area contributed by atoms with Crippen LogP contribution in [0.1, 0.15) is 35.3 Å². The summed E-state index contributed by atoms with van der Waals surface area (Å²) in [6, 6.07) is 14.0. The number of rotatable bonds is 5. The number of hydrogen-bond acceptors (Lipinski definition) is 3. The van der Waals surface area contributed by atoms with E-state index in [-0.39, 0.29) is 23.5 Å². The second-order valence-electron chi connectivity index (χ2n) is 7.52. The van der Waals surface area contributed by atoms with Gasteiger partial charge in [-0.3, -0.25) is 14.5 Å². The molecule has 1 atom stereocenters. The van der Waals surface area contributed by atoms with Crippen molar-refractivity contribution in [3.8, 4) is 5.69 Å². The molecule has 0 fully saturated rings. The van der Waals surface area contributed by atoms with Crippen LogP contribution in [0.15, 0.2) is 60.8 Å². The Bertz CT molecular complexity index is 1120. The van der Waals surface area contributed by atoms with E-state index in [1.807, 2.05) is 37.3 Å². The minimum absolute atomic E-state index is 0.0839. The molecule has 4 rings (SSSR count). The fraction of sp³-hybridized carbons (Fsp3) is 0.261. The fourth-order valence-electron chi connectivity index (χ4n) is 3.76. The Balaban J connectivity index is 1.61. The lowest BCUT2D eigenvalue weighted by atomic mass is 10.0. The first-order valence-corrected chi connectivity index (χ1v) is 10.0. The van der Waals surface area contributed by atoms with E-state index < -0.39 is 17.9 Å². The summed E-state index contributed by atoms with van der Waals surface area (Å²) in [6.07, 6.45) is 1.96. The normalized spacial score (nSPS) is 16.2. The lowest BCUT2D eigenvalue weighted by Crippen LogP contribution is -2.53. The topological polar surface area (TPSA) is 67.2 Å². The molecule has 1 aliphatic heterocycles. The van der Waals surface area contributed by atoms with E-state index in [9.17, 15) is 18.4 Å². The average Bonchev–Trinajstić information content (AvgIpc) is 3.18. The Morgan fingerprint density at radius 2 is 1.94 bits per heavy atom. The summed E-state index contributed by atoms with van der Waals surface area (Å²) >= 11 is 0. The number of likely N-dealkylation sites (N-methyl/N-ethyl adjacent to an activating group) is 1. The highest BCUT2D eigenvalue weighted by molar-refractivity contribution is 6.04. The van der Waals surface area contributed by atoms with Crippen LogP contribution in [-0.4, -0.2) is 34.2 Å². The highest BCUT2D eigenvalue weighted by atomic mass is 19.3. The molecule has 160 valence electrons. The maximum Gasteiger partial charge on any atom is 0.270 e. The van der Waals surface area contributed by atoms with E-state index >= 15 is 0 Å². The predicted molar refractivity (Wildman–Crippen MR) is 113 cm³/mol. The van der Waals surface area contributed by atoms with Crippen LogP contribution in [0.3, 0.4) is 0 Å². The zero-order valence-corrected chi connectivity index (χ0v) is 17.2. The fourth-order valence-corrected chi connectivity index (χ4v) is 3.76. The second kappa shape index (κ2) is 7.94. The molecule has 8 heteroatoms. The largest absolute Gasteiger partial charge is 0.340 e. The average molecular weight is 424 g/mol. The van der Waals surface area contributed by atoms with Crippen molar-refractivity contribution in [1.29, 1.82) is 0 Å². The first-order valence-electron chi connectivity index (χ1n) is 10.0. The number of nitrogens with one attached hydrogen (secondary N) is 1. The summed E-state index contributed by atoms with van der Waals surface area (Å²) in [7, 11) is 0. The standard InChI is InChI=1S/C23H22F2N4O2/c1-3-28-21-16(14-26-29(21)18-10-5-4-6-11-18)13-19(22(28)31)27-20(30)15-8-7-9-17(12-15)23(2,24)25/h4-12,14,19H,3,13H2,1-2H3,(H,27,30). The number of amides is 2. The number of benzene rings is 2. The number of aromatic nitrogens is 2. The van der Waals surface area contributed by atoms with Gasteiger partial charge in [-0.2, -0.15) is 5.10 Å². The van der Waals surface area contributed by atoms with Crippen LogP contribution in [0.5, 0.6) is 0 Å². The number of carbonyl (C=O) groups excluding carboxylic acids is 2.